The predicted octanol–water partition coefficient (Wildman–Crippen LogP) is 3.26. The third kappa shape index (κ3) is 1.91. The molecule has 2 aromatic rings. The minimum Gasteiger partial charge on any atom is -0.481 e. The molecule has 1 aliphatic carbocycles. The lowest BCUT2D eigenvalue weighted by Crippen LogP contribution is -1.99. The molecule has 0 aliphatic heterocycles. The molecule has 1 aliphatic rings. The van der Waals surface area contributed by atoms with Crippen LogP contribution >= 0.6 is 11.6 Å². The monoisotopic (exact) mass is 249 g/mol. The molecule has 1 heterocycles. The fourth-order valence-electron chi connectivity index (χ4n) is 2.26. The van der Waals surface area contributed by atoms with E-state index < -0.39 is 5.97 Å². The van der Waals surface area contributed by atoms with Gasteiger partial charge in [0.25, 0.3) is 0 Å². The maximum atomic E-state index is 10.8. The SMILES string of the molecule is O=C(O)Cc1cn(C2CC2)c2cc(Cl)ccc12. The summed E-state index contributed by atoms with van der Waals surface area (Å²) in [5.74, 6) is -0.796. The number of nitrogens with zero attached hydrogens (tertiary/aromatic N) is 1. The van der Waals surface area contributed by atoms with E-state index >= 15 is 0 Å². The second-order valence-electron chi connectivity index (χ2n) is 4.52. The van der Waals surface area contributed by atoms with Crippen molar-refractivity contribution in [1.82, 2.24) is 4.57 Å². The summed E-state index contributed by atoms with van der Waals surface area (Å²) in [6, 6.07) is 6.17. The van der Waals surface area contributed by atoms with Gasteiger partial charge in [-0.05, 0) is 30.5 Å². The van der Waals surface area contributed by atoms with Crippen LogP contribution in [-0.4, -0.2) is 15.6 Å². The minimum absolute atomic E-state index is 0.0673. The van der Waals surface area contributed by atoms with Crippen molar-refractivity contribution in [2.45, 2.75) is 25.3 Å². The van der Waals surface area contributed by atoms with Gasteiger partial charge in [-0.25, -0.2) is 0 Å². The molecule has 3 rings (SSSR count). The maximum Gasteiger partial charge on any atom is 0.307 e. The lowest BCUT2D eigenvalue weighted by Gasteiger charge is -2.01. The molecule has 1 N–H and O–H groups in total. The van der Waals surface area contributed by atoms with Crippen molar-refractivity contribution in [2.24, 2.45) is 0 Å². The zero-order chi connectivity index (χ0) is 12.0. The maximum absolute atomic E-state index is 10.8. The fourth-order valence-corrected chi connectivity index (χ4v) is 2.42. The van der Waals surface area contributed by atoms with Crippen molar-refractivity contribution >= 4 is 28.5 Å². The van der Waals surface area contributed by atoms with Gasteiger partial charge in [0.1, 0.15) is 0 Å². The molecule has 1 aromatic heterocycles. The van der Waals surface area contributed by atoms with Crippen molar-refractivity contribution in [3.05, 3.63) is 35.0 Å². The molecule has 0 atom stereocenters. The van der Waals surface area contributed by atoms with Crippen LogP contribution in [-0.2, 0) is 11.2 Å². The first-order valence-corrected chi connectivity index (χ1v) is 6.03. The largest absolute Gasteiger partial charge is 0.481 e. The molecule has 0 unspecified atom stereocenters. The van der Waals surface area contributed by atoms with Gasteiger partial charge in [-0.2, -0.15) is 0 Å². The highest BCUT2D eigenvalue weighted by atomic mass is 35.5. The zero-order valence-corrected chi connectivity index (χ0v) is 9.94. The number of fused-ring (bicyclic) bond motifs is 1. The van der Waals surface area contributed by atoms with Crippen LogP contribution in [0.15, 0.2) is 24.4 Å². The van der Waals surface area contributed by atoms with E-state index in [0.29, 0.717) is 11.1 Å². The summed E-state index contributed by atoms with van der Waals surface area (Å²) in [5.41, 5.74) is 1.92. The number of benzene rings is 1. The van der Waals surface area contributed by atoms with Crippen molar-refractivity contribution in [1.29, 1.82) is 0 Å². The molecule has 17 heavy (non-hydrogen) atoms. The molecule has 3 nitrogen and oxygen atoms in total. The highest BCUT2D eigenvalue weighted by Gasteiger charge is 2.26. The van der Waals surface area contributed by atoms with E-state index in [1.54, 1.807) is 0 Å². The Hall–Kier alpha value is -1.48. The Morgan fingerprint density at radius 1 is 1.47 bits per heavy atom. The standard InChI is InChI=1S/C13H12ClNO2/c14-9-1-4-11-8(5-13(16)17)7-15(10-2-3-10)12(11)6-9/h1,4,6-7,10H,2-3,5H2,(H,16,17). The van der Waals surface area contributed by atoms with Crippen LogP contribution in [0.2, 0.25) is 5.02 Å². The van der Waals surface area contributed by atoms with Gasteiger partial charge >= 0.3 is 5.97 Å². The highest BCUT2D eigenvalue weighted by Crippen LogP contribution is 2.39. The van der Waals surface area contributed by atoms with E-state index in [4.69, 9.17) is 16.7 Å². The van der Waals surface area contributed by atoms with Gasteiger partial charge in [0, 0.05) is 22.6 Å². The summed E-state index contributed by atoms with van der Waals surface area (Å²) in [6.07, 6.45) is 4.37. The van der Waals surface area contributed by atoms with Crippen molar-refractivity contribution in [3.63, 3.8) is 0 Å². The van der Waals surface area contributed by atoms with Crippen molar-refractivity contribution < 1.29 is 9.90 Å². The number of halogens is 1. The Morgan fingerprint density at radius 3 is 2.88 bits per heavy atom. The first-order chi connectivity index (χ1) is 8.15. The van der Waals surface area contributed by atoms with Gasteiger partial charge in [0.2, 0.25) is 0 Å². The minimum atomic E-state index is -0.796. The average Bonchev–Trinajstić information content (AvgIpc) is 3.03. The molecular formula is C13H12ClNO2. The number of aromatic nitrogens is 1. The number of hydrogen-bond acceptors (Lipinski definition) is 1. The summed E-state index contributed by atoms with van der Waals surface area (Å²) in [4.78, 5) is 10.8. The number of carbonyl (C=O) groups is 1. The fraction of sp³-hybridized carbons (Fsp3) is 0.308. The number of hydrogen-bond donors (Lipinski definition) is 1. The summed E-state index contributed by atoms with van der Waals surface area (Å²) in [6.45, 7) is 0. The normalized spacial score (nSPS) is 15.4. The summed E-state index contributed by atoms with van der Waals surface area (Å²) >= 11 is 6.00. The number of carboxylic acid groups (broad SMARTS) is 1. The lowest BCUT2D eigenvalue weighted by atomic mass is 10.1. The molecule has 0 amide bonds. The molecule has 0 radical (unpaired) electrons. The summed E-state index contributed by atoms with van der Waals surface area (Å²) in [5, 5.41) is 10.6. The second-order valence-corrected chi connectivity index (χ2v) is 4.96. The number of carboxylic acids is 1. The van der Waals surface area contributed by atoms with Crippen LogP contribution in [0.4, 0.5) is 0 Å². The third-order valence-corrected chi connectivity index (χ3v) is 3.40. The Bertz CT molecular complexity index is 599. The topological polar surface area (TPSA) is 42.2 Å². The Labute approximate surface area is 104 Å². The first kappa shape index (κ1) is 10.7. The molecule has 1 saturated carbocycles. The Morgan fingerprint density at radius 2 is 2.24 bits per heavy atom. The molecule has 0 bridgehead atoms. The molecular weight excluding hydrogens is 238 g/mol. The molecule has 88 valence electrons. The Balaban J connectivity index is 2.19. The Kier molecular flexibility index (Phi) is 2.37. The van der Waals surface area contributed by atoms with Gasteiger partial charge in [0.15, 0.2) is 0 Å². The van der Waals surface area contributed by atoms with Gasteiger partial charge in [0.05, 0.1) is 11.9 Å². The lowest BCUT2D eigenvalue weighted by molar-refractivity contribution is -0.136. The van der Waals surface area contributed by atoms with Crippen molar-refractivity contribution in [3.8, 4) is 0 Å². The summed E-state index contributed by atoms with van der Waals surface area (Å²) in [7, 11) is 0. The van der Waals surface area contributed by atoms with Crippen LogP contribution < -0.4 is 0 Å². The van der Waals surface area contributed by atoms with Crippen LogP contribution in [0.3, 0.4) is 0 Å². The molecule has 4 heteroatoms. The van der Waals surface area contributed by atoms with Gasteiger partial charge in [-0.1, -0.05) is 17.7 Å². The number of rotatable bonds is 3. The molecule has 1 aromatic carbocycles. The van der Waals surface area contributed by atoms with E-state index in [0.717, 1.165) is 16.5 Å². The van der Waals surface area contributed by atoms with E-state index in [-0.39, 0.29) is 6.42 Å². The third-order valence-electron chi connectivity index (χ3n) is 3.16. The zero-order valence-electron chi connectivity index (χ0n) is 9.19. The van der Waals surface area contributed by atoms with E-state index in [1.165, 1.54) is 12.8 Å². The molecule has 1 fully saturated rings. The van der Waals surface area contributed by atoms with Gasteiger partial charge in [-0.3, -0.25) is 4.79 Å². The second kappa shape index (κ2) is 3.77. The number of aliphatic carboxylic acids is 1. The van der Waals surface area contributed by atoms with E-state index in [9.17, 15) is 4.79 Å². The molecule has 0 spiro atoms. The predicted molar refractivity (Wildman–Crippen MR) is 66.6 cm³/mol. The van der Waals surface area contributed by atoms with Crippen LogP contribution in [0.25, 0.3) is 10.9 Å². The van der Waals surface area contributed by atoms with E-state index in [1.807, 2.05) is 24.4 Å². The van der Waals surface area contributed by atoms with Gasteiger partial charge in [-0.15, -0.1) is 0 Å². The van der Waals surface area contributed by atoms with Gasteiger partial charge < -0.3 is 9.67 Å². The first-order valence-electron chi connectivity index (χ1n) is 5.66. The smallest absolute Gasteiger partial charge is 0.307 e. The average molecular weight is 250 g/mol. The summed E-state index contributed by atoms with van der Waals surface area (Å²) < 4.78 is 2.17. The highest BCUT2D eigenvalue weighted by molar-refractivity contribution is 6.31. The quantitative estimate of drug-likeness (QED) is 0.907. The molecule has 0 saturated heterocycles. The van der Waals surface area contributed by atoms with Crippen molar-refractivity contribution in [2.75, 3.05) is 0 Å². The van der Waals surface area contributed by atoms with E-state index in [2.05, 4.69) is 4.57 Å². The van der Waals surface area contributed by atoms with Crippen LogP contribution in [0.1, 0.15) is 24.4 Å². The van der Waals surface area contributed by atoms with Crippen LogP contribution in [0.5, 0.6) is 0 Å². The van der Waals surface area contributed by atoms with Crippen LogP contribution in [0, 0.1) is 0 Å².